The highest BCUT2D eigenvalue weighted by Crippen LogP contribution is 2.11. The van der Waals surface area contributed by atoms with E-state index in [0.717, 1.165) is 31.8 Å². The number of unbranched alkanes of at least 4 members (excludes halogenated alkanes) is 1. The van der Waals surface area contributed by atoms with Crippen molar-refractivity contribution in [2.24, 2.45) is 5.73 Å². The van der Waals surface area contributed by atoms with Gasteiger partial charge < -0.3 is 15.2 Å². The summed E-state index contributed by atoms with van der Waals surface area (Å²) in [5.74, 6) is 1.07. The number of carbonyl (C=O) groups is 1. The van der Waals surface area contributed by atoms with E-state index in [0.29, 0.717) is 19.5 Å². The van der Waals surface area contributed by atoms with Crippen LogP contribution in [0.2, 0.25) is 0 Å². The number of rotatable bonds is 4. The fourth-order valence-electron chi connectivity index (χ4n) is 1.86. The minimum Gasteiger partial charge on any atom is -0.333 e. The molecule has 1 aliphatic heterocycles. The van der Waals surface area contributed by atoms with Gasteiger partial charge in [0, 0.05) is 19.5 Å². The average Bonchev–Trinajstić information content (AvgIpc) is 2.76. The van der Waals surface area contributed by atoms with Gasteiger partial charge >= 0.3 is 0 Å². The molecule has 2 rings (SSSR count). The number of aromatic nitrogens is 3. The van der Waals surface area contributed by atoms with E-state index in [9.17, 15) is 4.79 Å². The molecular weight excluding hydrogens is 206 g/mol. The molecule has 1 amide bonds. The number of fused-ring (bicyclic) bond motifs is 1. The molecule has 0 bridgehead atoms. The van der Waals surface area contributed by atoms with Crippen LogP contribution in [0.5, 0.6) is 0 Å². The predicted octanol–water partition coefficient (Wildman–Crippen LogP) is -0.251. The van der Waals surface area contributed by atoms with Gasteiger partial charge in [0.1, 0.15) is 6.33 Å². The SMILES string of the molecule is NCCCCC(=O)N1CCn2cnnc2C1. The lowest BCUT2D eigenvalue weighted by atomic mass is 10.2. The van der Waals surface area contributed by atoms with Crippen LogP contribution in [0, 0.1) is 0 Å². The Kier molecular flexibility index (Phi) is 3.51. The molecule has 2 heterocycles. The molecule has 0 unspecified atom stereocenters. The standard InChI is InChI=1S/C10H17N5O/c11-4-2-1-3-10(16)14-5-6-15-8-12-13-9(15)7-14/h8H,1-7,11H2. The summed E-state index contributed by atoms with van der Waals surface area (Å²) in [5, 5.41) is 7.82. The third-order valence-electron chi connectivity index (χ3n) is 2.84. The Morgan fingerprint density at radius 3 is 3.12 bits per heavy atom. The average molecular weight is 223 g/mol. The molecule has 1 aliphatic rings. The smallest absolute Gasteiger partial charge is 0.223 e. The number of hydrogen-bond donors (Lipinski definition) is 1. The molecule has 0 aliphatic carbocycles. The number of nitrogens with zero attached hydrogens (tertiary/aromatic N) is 4. The minimum atomic E-state index is 0.197. The van der Waals surface area contributed by atoms with Gasteiger partial charge in [-0.15, -0.1) is 10.2 Å². The number of carbonyl (C=O) groups excluding carboxylic acids is 1. The largest absolute Gasteiger partial charge is 0.333 e. The first-order chi connectivity index (χ1) is 7.81. The highest BCUT2D eigenvalue weighted by molar-refractivity contribution is 5.76. The highest BCUT2D eigenvalue weighted by Gasteiger charge is 2.20. The van der Waals surface area contributed by atoms with Crippen molar-refractivity contribution in [2.45, 2.75) is 32.4 Å². The van der Waals surface area contributed by atoms with Crippen molar-refractivity contribution in [3.05, 3.63) is 12.2 Å². The molecule has 6 nitrogen and oxygen atoms in total. The van der Waals surface area contributed by atoms with Crippen LogP contribution in [-0.2, 0) is 17.9 Å². The van der Waals surface area contributed by atoms with Gasteiger partial charge in [0.05, 0.1) is 6.54 Å². The van der Waals surface area contributed by atoms with Gasteiger partial charge in [0.2, 0.25) is 5.91 Å². The van der Waals surface area contributed by atoms with E-state index in [4.69, 9.17) is 5.73 Å². The highest BCUT2D eigenvalue weighted by atomic mass is 16.2. The summed E-state index contributed by atoms with van der Waals surface area (Å²) in [6, 6.07) is 0. The zero-order chi connectivity index (χ0) is 11.4. The maximum atomic E-state index is 11.8. The van der Waals surface area contributed by atoms with Gasteiger partial charge in [0.15, 0.2) is 5.82 Å². The van der Waals surface area contributed by atoms with Gasteiger partial charge in [-0.2, -0.15) is 0 Å². The minimum absolute atomic E-state index is 0.197. The lowest BCUT2D eigenvalue weighted by molar-refractivity contribution is -0.132. The molecule has 0 fully saturated rings. The first kappa shape index (κ1) is 11.1. The molecule has 0 radical (unpaired) electrons. The van der Waals surface area contributed by atoms with Crippen LogP contribution in [0.25, 0.3) is 0 Å². The van der Waals surface area contributed by atoms with Gasteiger partial charge in [-0.25, -0.2) is 0 Å². The summed E-state index contributed by atoms with van der Waals surface area (Å²) in [6.45, 7) is 2.79. The lowest BCUT2D eigenvalue weighted by Crippen LogP contribution is -2.38. The van der Waals surface area contributed by atoms with Crippen molar-refractivity contribution in [3.8, 4) is 0 Å². The van der Waals surface area contributed by atoms with Crippen molar-refractivity contribution in [1.29, 1.82) is 0 Å². The van der Waals surface area contributed by atoms with Crippen LogP contribution in [0.3, 0.4) is 0 Å². The lowest BCUT2D eigenvalue weighted by Gasteiger charge is -2.27. The van der Waals surface area contributed by atoms with Gasteiger partial charge in [-0.05, 0) is 19.4 Å². The number of amides is 1. The van der Waals surface area contributed by atoms with Crippen LogP contribution in [0.1, 0.15) is 25.1 Å². The van der Waals surface area contributed by atoms with E-state index >= 15 is 0 Å². The molecule has 16 heavy (non-hydrogen) atoms. The normalized spacial score (nSPS) is 14.9. The Hall–Kier alpha value is -1.43. The molecular formula is C10H17N5O. The molecule has 0 atom stereocenters. The summed E-state index contributed by atoms with van der Waals surface area (Å²) in [5.41, 5.74) is 5.40. The van der Waals surface area contributed by atoms with Crippen LogP contribution < -0.4 is 5.73 Å². The maximum Gasteiger partial charge on any atom is 0.223 e. The van der Waals surface area contributed by atoms with Crippen LogP contribution in [0.4, 0.5) is 0 Å². The number of nitrogens with two attached hydrogens (primary N) is 1. The van der Waals surface area contributed by atoms with Crippen molar-refractivity contribution < 1.29 is 4.79 Å². The fraction of sp³-hybridized carbons (Fsp3) is 0.700. The van der Waals surface area contributed by atoms with Crippen molar-refractivity contribution in [3.63, 3.8) is 0 Å². The van der Waals surface area contributed by atoms with E-state index < -0.39 is 0 Å². The second-order valence-electron chi connectivity index (χ2n) is 4.00. The first-order valence-electron chi connectivity index (χ1n) is 5.66. The van der Waals surface area contributed by atoms with E-state index in [1.54, 1.807) is 6.33 Å². The van der Waals surface area contributed by atoms with Crippen LogP contribution in [0.15, 0.2) is 6.33 Å². The second-order valence-corrected chi connectivity index (χ2v) is 4.00. The molecule has 2 N–H and O–H groups in total. The van der Waals surface area contributed by atoms with Gasteiger partial charge in [-0.1, -0.05) is 0 Å². The predicted molar refractivity (Wildman–Crippen MR) is 58.3 cm³/mol. The molecule has 1 aromatic rings. The Bertz CT molecular complexity index is 362. The van der Waals surface area contributed by atoms with E-state index in [-0.39, 0.29) is 5.91 Å². The second kappa shape index (κ2) is 5.07. The summed E-state index contributed by atoms with van der Waals surface area (Å²) in [7, 11) is 0. The molecule has 88 valence electrons. The Morgan fingerprint density at radius 2 is 2.31 bits per heavy atom. The molecule has 1 aromatic heterocycles. The Balaban J connectivity index is 1.86. The monoisotopic (exact) mass is 223 g/mol. The summed E-state index contributed by atoms with van der Waals surface area (Å²) in [6.07, 6.45) is 4.09. The summed E-state index contributed by atoms with van der Waals surface area (Å²) < 4.78 is 1.99. The van der Waals surface area contributed by atoms with E-state index in [1.807, 2.05) is 9.47 Å². The Morgan fingerprint density at radius 1 is 1.44 bits per heavy atom. The van der Waals surface area contributed by atoms with Gasteiger partial charge in [-0.3, -0.25) is 4.79 Å². The third-order valence-corrected chi connectivity index (χ3v) is 2.84. The van der Waals surface area contributed by atoms with Crippen LogP contribution in [-0.4, -0.2) is 38.7 Å². The molecule has 0 saturated carbocycles. The zero-order valence-electron chi connectivity index (χ0n) is 9.30. The van der Waals surface area contributed by atoms with E-state index in [1.165, 1.54) is 0 Å². The quantitative estimate of drug-likeness (QED) is 0.714. The topological polar surface area (TPSA) is 77.0 Å². The zero-order valence-corrected chi connectivity index (χ0v) is 9.30. The molecule has 6 heteroatoms. The fourth-order valence-corrected chi connectivity index (χ4v) is 1.86. The maximum absolute atomic E-state index is 11.8. The van der Waals surface area contributed by atoms with E-state index in [2.05, 4.69) is 10.2 Å². The number of hydrogen-bond acceptors (Lipinski definition) is 4. The summed E-state index contributed by atoms with van der Waals surface area (Å²) >= 11 is 0. The summed E-state index contributed by atoms with van der Waals surface area (Å²) in [4.78, 5) is 13.7. The first-order valence-corrected chi connectivity index (χ1v) is 5.66. The molecule has 0 spiro atoms. The molecule has 0 aromatic carbocycles. The third kappa shape index (κ3) is 2.38. The van der Waals surface area contributed by atoms with Crippen molar-refractivity contribution in [2.75, 3.05) is 13.1 Å². The molecule has 0 saturated heterocycles. The van der Waals surface area contributed by atoms with Gasteiger partial charge in [0.25, 0.3) is 0 Å². The van der Waals surface area contributed by atoms with Crippen molar-refractivity contribution >= 4 is 5.91 Å². The van der Waals surface area contributed by atoms with Crippen LogP contribution >= 0.6 is 0 Å². The Labute approximate surface area is 94.4 Å². The van der Waals surface area contributed by atoms with Crippen molar-refractivity contribution in [1.82, 2.24) is 19.7 Å².